The molecule has 0 radical (unpaired) electrons. The lowest BCUT2D eigenvalue weighted by Gasteiger charge is -2.30. The summed E-state index contributed by atoms with van der Waals surface area (Å²) in [4.78, 5) is 11.1. The zero-order valence-electron chi connectivity index (χ0n) is 13.1. The van der Waals surface area contributed by atoms with Gasteiger partial charge in [0.05, 0.1) is 19.3 Å². The highest BCUT2D eigenvalue weighted by atomic mass is 16.5. The molecule has 21 heavy (non-hydrogen) atoms. The summed E-state index contributed by atoms with van der Waals surface area (Å²) in [6, 6.07) is 6.32. The van der Waals surface area contributed by atoms with E-state index in [1.54, 1.807) is 0 Å². The number of anilines is 1. The van der Waals surface area contributed by atoms with E-state index in [4.69, 9.17) is 4.74 Å². The van der Waals surface area contributed by atoms with Crippen molar-refractivity contribution in [3.05, 3.63) is 23.8 Å². The first kappa shape index (κ1) is 15.7. The monoisotopic (exact) mass is 291 g/mol. The van der Waals surface area contributed by atoms with Crippen molar-refractivity contribution in [2.75, 3.05) is 19.0 Å². The van der Waals surface area contributed by atoms with Gasteiger partial charge in [-0.25, -0.2) is 0 Å². The number of carbonyl (C=O) groups is 1. The summed E-state index contributed by atoms with van der Waals surface area (Å²) >= 11 is 0. The van der Waals surface area contributed by atoms with E-state index in [9.17, 15) is 4.79 Å². The van der Waals surface area contributed by atoms with Crippen molar-refractivity contribution >= 4 is 11.7 Å². The van der Waals surface area contributed by atoms with Gasteiger partial charge in [0.25, 0.3) is 0 Å². The fraction of sp³-hybridized carbons (Fsp3) is 0.588. The van der Waals surface area contributed by atoms with E-state index in [-0.39, 0.29) is 12.1 Å². The van der Waals surface area contributed by atoms with Crippen molar-refractivity contribution in [1.82, 2.24) is 0 Å². The second-order valence-corrected chi connectivity index (χ2v) is 5.89. The largest absolute Gasteiger partial charge is 0.486 e. The summed E-state index contributed by atoms with van der Waals surface area (Å²) in [6.07, 6.45) is 3.56. The maximum absolute atomic E-state index is 11.1. The number of aryl methyl sites for hydroxylation is 1. The molecular weight excluding hydrogens is 266 g/mol. The van der Waals surface area contributed by atoms with Crippen LogP contribution < -0.4 is 10.1 Å². The Morgan fingerprint density at radius 2 is 2.24 bits per heavy atom. The van der Waals surface area contributed by atoms with Crippen molar-refractivity contribution in [2.45, 2.75) is 45.6 Å². The molecule has 1 atom stereocenters. The molecule has 116 valence electrons. The second kappa shape index (κ2) is 7.34. The van der Waals surface area contributed by atoms with Crippen LogP contribution in [0.3, 0.4) is 0 Å². The van der Waals surface area contributed by atoms with E-state index < -0.39 is 0 Å². The molecule has 1 unspecified atom stereocenters. The van der Waals surface area contributed by atoms with Crippen LogP contribution in [0.1, 0.15) is 38.7 Å². The van der Waals surface area contributed by atoms with Crippen LogP contribution in [0.25, 0.3) is 0 Å². The van der Waals surface area contributed by atoms with Crippen molar-refractivity contribution in [3.8, 4) is 5.75 Å². The number of carbonyl (C=O) groups excluding carboxylic acids is 1. The molecule has 0 spiro atoms. The minimum absolute atomic E-state index is 0.129. The highest BCUT2D eigenvalue weighted by molar-refractivity contribution is 5.69. The van der Waals surface area contributed by atoms with E-state index >= 15 is 0 Å². The zero-order chi connectivity index (χ0) is 15.2. The van der Waals surface area contributed by atoms with Gasteiger partial charge in [-0.1, -0.05) is 19.9 Å². The van der Waals surface area contributed by atoms with Crippen LogP contribution in [0.2, 0.25) is 0 Å². The van der Waals surface area contributed by atoms with Gasteiger partial charge in [-0.15, -0.1) is 0 Å². The van der Waals surface area contributed by atoms with Crippen LogP contribution in [0.4, 0.5) is 5.69 Å². The Bertz CT molecular complexity index is 485. The third kappa shape index (κ3) is 4.38. The van der Waals surface area contributed by atoms with Gasteiger partial charge in [-0.05, 0) is 42.9 Å². The minimum atomic E-state index is -0.129. The van der Waals surface area contributed by atoms with Crippen LogP contribution >= 0.6 is 0 Å². The fourth-order valence-corrected chi connectivity index (χ4v) is 2.46. The third-order valence-electron chi connectivity index (χ3n) is 3.88. The molecule has 1 N–H and O–H groups in total. The Balaban J connectivity index is 1.86. The van der Waals surface area contributed by atoms with Crippen LogP contribution in [-0.2, 0) is 16.0 Å². The lowest BCUT2D eigenvalue weighted by atomic mass is 10.0. The number of rotatable bonds is 6. The molecular formula is C17H25NO3. The lowest BCUT2D eigenvalue weighted by molar-refractivity contribution is -0.140. The second-order valence-electron chi connectivity index (χ2n) is 5.89. The normalized spacial score (nSPS) is 16.9. The highest BCUT2D eigenvalue weighted by Gasteiger charge is 2.21. The first-order chi connectivity index (χ1) is 10.1. The summed E-state index contributed by atoms with van der Waals surface area (Å²) < 4.78 is 10.6. The molecule has 1 aromatic rings. The molecule has 0 amide bonds. The smallest absolute Gasteiger partial charge is 0.305 e. The average Bonchev–Trinajstić information content (AvgIpc) is 2.50. The molecule has 1 heterocycles. The Labute approximate surface area is 126 Å². The number of benzene rings is 1. The molecule has 1 aromatic carbocycles. The van der Waals surface area contributed by atoms with E-state index in [0.717, 1.165) is 37.2 Å². The molecule has 1 aliphatic rings. The maximum atomic E-state index is 11.1. The van der Waals surface area contributed by atoms with Crippen molar-refractivity contribution in [1.29, 1.82) is 0 Å². The third-order valence-corrected chi connectivity index (χ3v) is 3.88. The molecule has 0 aliphatic carbocycles. The van der Waals surface area contributed by atoms with Crippen LogP contribution in [-0.4, -0.2) is 25.7 Å². The van der Waals surface area contributed by atoms with Crippen molar-refractivity contribution in [2.24, 2.45) is 5.92 Å². The van der Waals surface area contributed by atoms with Gasteiger partial charge in [0.1, 0.15) is 11.9 Å². The Hall–Kier alpha value is -1.71. The molecule has 0 fully saturated rings. The Kier molecular flexibility index (Phi) is 5.48. The molecule has 4 heteroatoms. The van der Waals surface area contributed by atoms with Gasteiger partial charge in [0, 0.05) is 6.42 Å². The minimum Gasteiger partial charge on any atom is -0.486 e. The van der Waals surface area contributed by atoms with Gasteiger partial charge in [-0.2, -0.15) is 0 Å². The quantitative estimate of drug-likeness (QED) is 0.644. The number of esters is 1. The molecule has 0 saturated heterocycles. The number of methoxy groups -OCH3 is 1. The summed E-state index contributed by atoms with van der Waals surface area (Å²) in [6.45, 7) is 5.20. The van der Waals surface area contributed by atoms with E-state index in [1.165, 1.54) is 12.7 Å². The summed E-state index contributed by atoms with van der Waals surface area (Å²) in [5, 5.41) is 3.45. The lowest BCUT2D eigenvalue weighted by Crippen LogP contribution is -2.34. The number of hydrogen-bond acceptors (Lipinski definition) is 4. The predicted octanol–water partition coefficient (Wildman–Crippen LogP) is 3.40. The van der Waals surface area contributed by atoms with Gasteiger partial charge in [0.2, 0.25) is 0 Å². The number of hydrogen-bond donors (Lipinski definition) is 1. The predicted molar refractivity (Wildman–Crippen MR) is 83.8 cm³/mol. The first-order valence-corrected chi connectivity index (χ1v) is 7.70. The molecule has 0 bridgehead atoms. The Morgan fingerprint density at radius 1 is 1.43 bits per heavy atom. The van der Waals surface area contributed by atoms with Crippen LogP contribution in [0.5, 0.6) is 5.75 Å². The zero-order valence-corrected chi connectivity index (χ0v) is 13.1. The van der Waals surface area contributed by atoms with Crippen LogP contribution in [0.15, 0.2) is 18.2 Å². The molecule has 4 nitrogen and oxygen atoms in total. The van der Waals surface area contributed by atoms with Gasteiger partial charge in [-0.3, -0.25) is 4.79 Å². The van der Waals surface area contributed by atoms with Gasteiger partial charge >= 0.3 is 5.97 Å². The van der Waals surface area contributed by atoms with Crippen LogP contribution in [0, 0.1) is 5.92 Å². The number of ether oxygens (including phenoxy) is 2. The van der Waals surface area contributed by atoms with Crippen molar-refractivity contribution < 1.29 is 14.3 Å². The SMILES string of the molecule is COC(=O)CCCCc1ccc2c(c1)NCC(C(C)C)O2. The topological polar surface area (TPSA) is 47.6 Å². The van der Waals surface area contributed by atoms with Gasteiger partial charge < -0.3 is 14.8 Å². The maximum Gasteiger partial charge on any atom is 0.305 e. The highest BCUT2D eigenvalue weighted by Crippen LogP contribution is 2.32. The molecule has 0 aromatic heterocycles. The summed E-state index contributed by atoms with van der Waals surface area (Å²) in [5.41, 5.74) is 2.36. The average molecular weight is 291 g/mol. The van der Waals surface area contributed by atoms with E-state index in [2.05, 4.69) is 36.0 Å². The summed E-state index contributed by atoms with van der Waals surface area (Å²) in [7, 11) is 1.43. The van der Waals surface area contributed by atoms with E-state index in [0.29, 0.717) is 12.3 Å². The van der Waals surface area contributed by atoms with Gasteiger partial charge in [0.15, 0.2) is 0 Å². The molecule has 0 saturated carbocycles. The summed E-state index contributed by atoms with van der Waals surface area (Å²) in [5.74, 6) is 1.32. The van der Waals surface area contributed by atoms with Crippen molar-refractivity contribution in [3.63, 3.8) is 0 Å². The number of nitrogens with one attached hydrogen (secondary N) is 1. The molecule has 1 aliphatic heterocycles. The standard InChI is InChI=1S/C17H25NO3/c1-12(2)16-11-18-14-10-13(8-9-15(14)21-16)6-4-5-7-17(19)20-3/h8-10,12,16,18H,4-7,11H2,1-3H3. The molecule has 2 rings (SSSR count). The van der Waals surface area contributed by atoms with E-state index in [1.807, 2.05) is 6.07 Å². The number of fused-ring (bicyclic) bond motifs is 1. The first-order valence-electron chi connectivity index (χ1n) is 7.70. The fourth-order valence-electron chi connectivity index (χ4n) is 2.46. The number of unbranched alkanes of at least 4 members (excludes halogenated alkanes) is 1. The Morgan fingerprint density at radius 3 is 2.95 bits per heavy atom.